The van der Waals surface area contributed by atoms with Crippen LogP contribution in [0.4, 0.5) is 5.95 Å². The highest BCUT2D eigenvalue weighted by atomic mass is 31.2. The van der Waals surface area contributed by atoms with E-state index in [4.69, 9.17) is 42.4 Å². The second-order valence-electron chi connectivity index (χ2n) is 19.0. The van der Waals surface area contributed by atoms with Crippen molar-refractivity contribution >= 4 is 39.9 Å². The first kappa shape index (κ1) is 51.6. The largest absolute Gasteiger partial charge is 0.497 e. The minimum atomic E-state index is -2.64. The van der Waals surface area contributed by atoms with Gasteiger partial charge in [-0.3, -0.25) is 14.7 Å². The minimum Gasteiger partial charge on any atom is -0.497 e. The van der Waals surface area contributed by atoms with Gasteiger partial charge in [0.15, 0.2) is 20.2 Å². The van der Waals surface area contributed by atoms with E-state index >= 15 is 0 Å². The van der Waals surface area contributed by atoms with Gasteiger partial charge in [0.25, 0.3) is 8.53 Å². The lowest BCUT2D eigenvalue weighted by molar-refractivity contribution is -0.118. The smallest absolute Gasteiger partial charge is 0.259 e. The molecular weight excluding hydrogens is 886 g/mol. The number of carbonyl (C=O) groups excluding carboxylic acids is 1. The lowest BCUT2D eigenvalue weighted by Gasteiger charge is -2.42. The Balaban J connectivity index is 1.57. The molecular formula is C50H68N7O8PSi. The van der Waals surface area contributed by atoms with Crippen molar-refractivity contribution in [2.24, 2.45) is 5.92 Å². The van der Waals surface area contributed by atoms with E-state index in [1.54, 1.807) is 26.7 Å². The third kappa shape index (κ3) is 11.6. The van der Waals surface area contributed by atoms with Crippen LogP contribution in [0.3, 0.4) is 0 Å². The Kier molecular flexibility index (Phi) is 17.0. The molecule has 1 fully saturated rings. The van der Waals surface area contributed by atoms with Gasteiger partial charge in [0.05, 0.1) is 52.4 Å². The molecule has 1 N–H and O–H groups in total. The Hall–Kier alpha value is -4.82. The van der Waals surface area contributed by atoms with Gasteiger partial charge < -0.3 is 32.4 Å². The van der Waals surface area contributed by atoms with E-state index in [-0.39, 0.29) is 54.5 Å². The number of rotatable bonds is 21. The van der Waals surface area contributed by atoms with Crippen molar-refractivity contribution in [3.63, 3.8) is 0 Å². The fourth-order valence-electron chi connectivity index (χ4n) is 7.84. The van der Waals surface area contributed by atoms with E-state index in [1.165, 1.54) is 0 Å². The highest BCUT2D eigenvalue weighted by Crippen LogP contribution is 2.53. The van der Waals surface area contributed by atoms with E-state index in [0.29, 0.717) is 22.7 Å². The third-order valence-electron chi connectivity index (χ3n) is 12.4. The second-order valence-corrected chi connectivity index (χ2v) is 25.2. The number of hydrogen-bond acceptors (Lipinski definition) is 13. The van der Waals surface area contributed by atoms with E-state index < -0.39 is 47.0 Å². The molecule has 1 aliphatic rings. The summed E-state index contributed by atoms with van der Waals surface area (Å²) in [6.45, 7) is 23.2. The number of imidazole rings is 1. The second kappa shape index (κ2) is 22.1. The van der Waals surface area contributed by atoms with Crippen molar-refractivity contribution in [1.82, 2.24) is 24.2 Å². The highest BCUT2D eigenvalue weighted by Gasteiger charge is 2.54. The summed E-state index contributed by atoms with van der Waals surface area (Å²) < 4.78 is 51.7. The van der Waals surface area contributed by atoms with E-state index in [9.17, 15) is 10.1 Å². The fourth-order valence-corrected chi connectivity index (χ4v) is 10.9. The molecule has 15 nitrogen and oxygen atoms in total. The van der Waals surface area contributed by atoms with Crippen molar-refractivity contribution in [2.75, 3.05) is 32.8 Å². The Bertz CT molecular complexity index is 2370. The summed E-state index contributed by atoms with van der Waals surface area (Å²) in [4.78, 5) is 26.8. The number of nitriles is 1. The molecule has 0 bridgehead atoms. The third-order valence-corrected chi connectivity index (χ3v) is 19.0. The molecule has 360 valence electrons. The fraction of sp³-hybridized carbons (Fsp3) is 0.500. The zero-order valence-corrected chi connectivity index (χ0v) is 43.1. The Morgan fingerprint density at radius 3 is 1.99 bits per heavy atom. The number of ether oxygens (including phenoxy) is 4. The lowest BCUT2D eigenvalue weighted by Crippen LogP contribution is -2.50. The Morgan fingerprint density at radius 2 is 1.46 bits per heavy atom. The summed E-state index contributed by atoms with van der Waals surface area (Å²) in [6.07, 6.45) is 0.254. The van der Waals surface area contributed by atoms with Crippen molar-refractivity contribution in [1.29, 1.82) is 5.26 Å². The number of hydrogen-bond donors (Lipinski definition) is 1. The maximum absolute atomic E-state index is 12.9. The van der Waals surface area contributed by atoms with Gasteiger partial charge in [0.1, 0.15) is 40.9 Å². The van der Waals surface area contributed by atoms with E-state index in [0.717, 1.165) is 16.7 Å². The van der Waals surface area contributed by atoms with Gasteiger partial charge in [-0.05, 0) is 86.8 Å². The molecule has 17 heteroatoms. The van der Waals surface area contributed by atoms with Crippen LogP contribution in [0.5, 0.6) is 11.5 Å². The van der Waals surface area contributed by atoms with Crippen LogP contribution in [0.1, 0.15) is 91.7 Å². The molecule has 1 aliphatic heterocycles. The predicted molar refractivity (Wildman–Crippen MR) is 263 cm³/mol. The van der Waals surface area contributed by atoms with Gasteiger partial charge in [0, 0.05) is 18.0 Å². The Labute approximate surface area is 398 Å². The van der Waals surface area contributed by atoms with Crippen molar-refractivity contribution in [3.8, 4) is 17.6 Å². The molecule has 3 heterocycles. The topological polar surface area (TPSA) is 164 Å². The Morgan fingerprint density at radius 1 is 0.881 bits per heavy atom. The van der Waals surface area contributed by atoms with Crippen LogP contribution in [0.25, 0.3) is 11.2 Å². The molecule has 3 aromatic carbocycles. The van der Waals surface area contributed by atoms with Crippen LogP contribution >= 0.6 is 8.53 Å². The molecule has 6 rings (SSSR count). The van der Waals surface area contributed by atoms with Crippen LogP contribution < -0.4 is 14.8 Å². The normalized spacial score (nSPS) is 18.5. The van der Waals surface area contributed by atoms with Crippen molar-refractivity contribution in [2.45, 2.75) is 129 Å². The summed E-state index contributed by atoms with van der Waals surface area (Å²) in [5.74, 6) is 1.05. The molecule has 0 aliphatic carbocycles. The number of aromatic nitrogens is 4. The molecule has 1 amide bonds. The van der Waals surface area contributed by atoms with Gasteiger partial charge in [-0.25, -0.2) is 14.6 Å². The first-order chi connectivity index (χ1) is 31.8. The summed E-state index contributed by atoms with van der Waals surface area (Å²) in [6, 6.07) is 28.2. The van der Waals surface area contributed by atoms with Gasteiger partial charge in [-0.1, -0.05) is 89.2 Å². The highest BCUT2D eigenvalue weighted by molar-refractivity contribution is 7.44. The number of carbonyl (C=O) groups is 1. The number of fused-ring (bicyclic) bond motifs is 1. The SMILES string of the molecule is COc1ccc(C(OCC2OC(n3cnc4cnc(NC(=O)C(C)C)nc43)C(O[Si](C)(C)C(C)(C)C)C2OP(OCCC#N)N(C(C)C)C(C)C)(c2ccccc2)c2ccc(OC)cc2)cc1. The van der Waals surface area contributed by atoms with Crippen LogP contribution in [-0.2, 0) is 33.3 Å². The van der Waals surface area contributed by atoms with Gasteiger partial charge in [0.2, 0.25) is 11.9 Å². The first-order valence-corrected chi connectivity index (χ1v) is 27.0. The van der Waals surface area contributed by atoms with Crippen LogP contribution in [0.15, 0.2) is 91.4 Å². The quantitative estimate of drug-likeness (QED) is 0.0320. The number of methoxy groups -OCH3 is 2. The van der Waals surface area contributed by atoms with Gasteiger partial charge in [-0.15, -0.1) is 0 Å². The standard InChI is InChI=1S/C50H68N7O8PSi/c1-33(2)46(58)55-48-52-30-41-45(54-48)56(32-53-41)47-44(65-67(12,13)49(7,8)9)43(64-66(62-29-17-28-51)57(34(3)4)35(5)6)42(63-47)31-61-50(36-18-15-14-16-19-36,37-20-24-39(59-10)25-21-37)38-22-26-40(60-11)27-23-38/h14-16,18-27,30,32-35,42-44,47H,17,29,31H2,1-13H3,(H,52,54,55,58). The summed E-state index contributed by atoms with van der Waals surface area (Å²) in [7, 11) is -1.15. The molecule has 0 radical (unpaired) electrons. The number of anilines is 1. The number of nitrogens with zero attached hydrogens (tertiary/aromatic N) is 6. The number of nitrogens with one attached hydrogen (secondary N) is 1. The molecule has 5 aromatic rings. The average molecular weight is 954 g/mol. The number of benzene rings is 3. The predicted octanol–water partition coefficient (Wildman–Crippen LogP) is 10.4. The molecule has 67 heavy (non-hydrogen) atoms. The zero-order valence-electron chi connectivity index (χ0n) is 41.2. The van der Waals surface area contributed by atoms with Crippen molar-refractivity contribution in [3.05, 3.63) is 108 Å². The maximum atomic E-state index is 12.9. The zero-order chi connectivity index (χ0) is 48.7. The molecule has 5 atom stereocenters. The van der Waals surface area contributed by atoms with Crippen molar-refractivity contribution < 1.29 is 37.2 Å². The average Bonchev–Trinajstić information content (AvgIpc) is 3.86. The first-order valence-electron chi connectivity index (χ1n) is 22.9. The summed E-state index contributed by atoms with van der Waals surface area (Å²) in [5.41, 5.74) is 2.35. The minimum absolute atomic E-state index is 0.00746. The molecule has 1 saturated heterocycles. The van der Waals surface area contributed by atoms with E-state index in [2.05, 4.69) is 94.7 Å². The summed E-state index contributed by atoms with van der Waals surface area (Å²) >= 11 is 0. The van der Waals surface area contributed by atoms with Crippen LogP contribution in [0.2, 0.25) is 18.1 Å². The lowest BCUT2D eigenvalue weighted by atomic mass is 9.80. The van der Waals surface area contributed by atoms with Crippen LogP contribution in [-0.4, -0.2) is 96.2 Å². The van der Waals surface area contributed by atoms with Gasteiger partial charge in [-0.2, -0.15) is 10.2 Å². The molecule has 2 aromatic heterocycles. The number of amides is 1. The van der Waals surface area contributed by atoms with Crippen LogP contribution in [0, 0.1) is 17.2 Å². The van der Waals surface area contributed by atoms with E-state index in [1.807, 2.05) is 85.1 Å². The molecule has 0 spiro atoms. The van der Waals surface area contributed by atoms with Gasteiger partial charge >= 0.3 is 0 Å². The maximum Gasteiger partial charge on any atom is 0.259 e. The molecule has 5 unspecified atom stereocenters. The monoisotopic (exact) mass is 953 g/mol. The summed E-state index contributed by atoms with van der Waals surface area (Å²) in [5, 5.41) is 12.3. The molecule has 0 saturated carbocycles.